The minimum atomic E-state index is -0.297. The highest BCUT2D eigenvalue weighted by atomic mass is 127. The molecule has 0 aliphatic rings. The second-order valence-electron chi connectivity index (χ2n) is 2.57. The zero-order valence-electron chi connectivity index (χ0n) is 7.23. The van der Waals surface area contributed by atoms with E-state index in [1.165, 1.54) is 7.11 Å². The van der Waals surface area contributed by atoms with Crippen molar-refractivity contribution in [2.45, 2.75) is 6.92 Å². The van der Waals surface area contributed by atoms with Crippen molar-refractivity contribution in [3.63, 3.8) is 0 Å². The highest BCUT2D eigenvalue weighted by Gasteiger charge is 2.11. The molecule has 1 aromatic rings. The Morgan fingerprint density at radius 3 is 2.69 bits per heavy atom. The van der Waals surface area contributed by atoms with Gasteiger partial charge in [0, 0.05) is 8.04 Å². The fourth-order valence-electron chi connectivity index (χ4n) is 0.976. The Balaban J connectivity index is 3.23. The second-order valence-corrected chi connectivity index (χ2v) is 4.59. The van der Waals surface area contributed by atoms with Gasteiger partial charge in [0.1, 0.15) is 0 Å². The van der Waals surface area contributed by atoms with Crippen LogP contribution >= 0.6 is 38.5 Å². The molecule has 0 aliphatic heterocycles. The van der Waals surface area contributed by atoms with E-state index in [1.54, 1.807) is 6.07 Å². The number of hydrogen-bond acceptors (Lipinski definition) is 2. The number of ether oxygens (including phenoxy) is 1. The first-order valence-corrected chi connectivity index (χ1v) is 5.47. The Morgan fingerprint density at radius 1 is 1.54 bits per heavy atom. The van der Waals surface area contributed by atoms with Gasteiger partial charge in [0.15, 0.2) is 0 Å². The van der Waals surface area contributed by atoms with Gasteiger partial charge in [0.2, 0.25) is 0 Å². The number of benzene rings is 1. The molecule has 0 unspecified atom stereocenters. The van der Waals surface area contributed by atoms with Crippen molar-refractivity contribution in [1.29, 1.82) is 0 Å². The van der Waals surface area contributed by atoms with Crippen molar-refractivity contribution in [2.75, 3.05) is 7.11 Å². The largest absolute Gasteiger partial charge is 0.465 e. The first-order chi connectivity index (χ1) is 6.06. The Labute approximate surface area is 98.9 Å². The van der Waals surface area contributed by atoms with Gasteiger partial charge >= 0.3 is 5.97 Å². The number of esters is 1. The predicted octanol–water partition coefficient (Wildman–Crippen LogP) is 3.15. The van der Waals surface area contributed by atoms with E-state index in [2.05, 4.69) is 43.3 Å². The molecule has 0 heterocycles. The summed E-state index contributed by atoms with van der Waals surface area (Å²) >= 11 is 5.57. The molecule has 0 saturated heterocycles. The highest BCUT2D eigenvalue weighted by molar-refractivity contribution is 14.1. The quantitative estimate of drug-likeness (QED) is 0.572. The van der Waals surface area contributed by atoms with E-state index in [0.29, 0.717) is 5.56 Å². The smallest absolute Gasteiger partial charge is 0.338 e. The molecule has 2 nitrogen and oxygen atoms in total. The molecule has 1 rings (SSSR count). The summed E-state index contributed by atoms with van der Waals surface area (Å²) in [4.78, 5) is 11.3. The van der Waals surface area contributed by atoms with Crippen LogP contribution in [0, 0.1) is 10.5 Å². The molecule has 70 valence electrons. The van der Waals surface area contributed by atoms with Gasteiger partial charge in [-0.05, 0) is 63.1 Å². The zero-order chi connectivity index (χ0) is 10.0. The summed E-state index contributed by atoms with van der Waals surface area (Å²) in [6.07, 6.45) is 0. The van der Waals surface area contributed by atoms with Crippen molar-refractivity contribution in [3.05, 3.63) is 31.3 Å². The number of hydrogen-bond donors (Lipinski definition) is 0. The predicted molar refractivity (Wildman–Crippen MR) is 62.9 cm³/mol. The molecule has 0 aliphatic carbocycles. The lowest BCUT2D eigenvalue weighted by Crippen LogP contribution is -2.04. The minimum Gasteiger partial charge on any atom is -0.465 e. The summed E-state index contributed by atoms with van der Waals surface area (Å²) in [5.41, 5.74) is 1.54. The van der Waals surface area contributed by atoms with E-state index in [1.807, 2.05) is 13.0 Å². The average Bonchev–Trinajstić information content (AvgIpc) is 2.10. The molecule has 0 fully saturated rings. The molecule has 4 heteroatoms. The monoisotopic (exact) mass is 354 g/mol. The highest BCUT2D eigenvalue weighted by Crippen LogP contribution is 2.23. The van der Waals surface area contributed by atoms with Crippen LogP contribution in [-0.2, 0) is 4.74 Å². The van der Waals surface area contributed by atoms with E-state index in [0.717, 1.165) is 13.6 Å². The van der Waals surface area contributed by atoms with Crippen LogP contribution in [0.15, 0.2) is 16.6 Å². The lowest BCUT2D eigenvalue weighted by Gasteiger charge is -2.05. The Hall–Kier alpha value is -0.100. The van der Waals surface area contributed by atoms with Crippen LogP contribution in [0.1, 0.15) is 15.9 Å². The van der Waals surface area contributed by atoms with E-state index >= 15 is 0 Å². The van der Waals surface area contributed by atoms with Crippen LogP contribution in [0.5, 0.6) is 0 Å². The van der Waals surface area contributed by atoms with Crippen LogP contribution in [0.25, 0.3) is 0 Å². The van der Waals surface area contributed by atoms with E-state index in [4.69, 9.17) is 0 Å². The first kappa shape index (κ1) is 11.0. The van der Waals surface area contributed by atoms with Crippen molar-refractivity contribution in [2.24, 2.45) is 0 Å². The third-order valence-corrected chi connectivity index (χ3v) is 3.96. The van der Waals surface area contributed by atoms with Gasteiger partial charge in [-0.25, -0.2) is 4.79 Å². The molecular formula is C9H8BrIO2. The second kappa shape index (κ2) is 4.41. The summed E-state index contributed by atoms with van der Waals surface area (Å²) in [6.45, 7) is 1.89. The molecule has 13 heavy (non-hydrogen) atoms. The van der Waals surface area contributed by atoms with Crippen molar-refractivity contribution >= 4 is 44.5 Å². The average molecular weight is 355 g/mol. The number of carbonyl (C=O) groups is 1. The van der Waals surface area contributed by atoms with Gasteiger partial charge < -0.3 is 4.74 Å². The number of rotatable bonds is 1. The van der Waals surface area contributed by atoms with Crippen molar-refractivity contribution < 1.29 is 9.53 Å². The maximum atomic E-state index is 11.3. The number of aryl methyl sites for hydroxylation is 1. The third kappa shape index (κ3) is 2.43. The van der Waals surface area contributed by atoms with Crippen LogP contribution in [0.3, 0.4) is 0 Å². The zero-order valence-corrected chi connectivity index (χ0v) is 11.0. The summed E-state index contributed by atoms with van der Waals surface area (Å²) in [6, 6.07) is 3.72. The molecule has 0 N–H and O–H groups in total. The molecule has 0 spiro atoms. The van der Waals surface area contributed by atoms with Crippen LogP contribution < -0.4 is 0 Å². The number of halogens is 2. The molecule has 0 amide bonds. The summed E-state index contributed by atoms with van der Waals surface area (Å²) in [5.74, 6) is -0.297. The molecule has 0 saturated carbocycles. The van der Waals surface area contributed by atoms with Gasteiger partial charge in [-0.15, -0.1) is 0 Å². The fourth-order valence-corrected chi connectivity index (χ4v) is 1.94. The molecule has 0 bridgehead atoms. The van der Waals surface area contributed by atoms with Gasteiger partial charge in [-0.1, -0.05) is 0 Å². The summed E-state index contributed by atoms with van der Waals surface area (Å²) in [7, 11) is 1.38. The van der Waals surface area contributed by atoms with Crippen molar-refractivity contribution in [3.8, 4) is 0 Å². The standard InChI is InChI=1S/C9H8BrIO2/c1-5-3-8(11)7(10)4-6(5)9(12)13-2/h3-4H,1-2H3. The minimum absolute atomic E-state index is 0.297. The summed E-state index contributed by atoms with van der Waals surface area (Å²) in [5, 5.41) is 0. The first-order valence-electron chi connectivity index (χ1n) is 3.60. The van der Waals surface area contributed by atoms with Crippen LogP contribution in [0.4, 0.5) is 0 Å². The number of carbonyl (C=O) groups excluding carboxylic acids is 1. The van der Waals surface area contributed by atoms with Crippen LogP contribution in [-0.4, -0.2) is 13.1 Å². The fraction of sp³-hybridized carbons (Fsp3) is 0.222. The lowest BCUT2D eigenvalue weighted by molar-refractivity contribution is 0.0600. The Bertz CT molecular complexity index is 350. The Morgan fingerprint density at radius 2 is 2.15 bits per heavy atom. The maximum Gasteiger partial charge on any atom is 0.338 e. The third-order valence-electron chi connectivity index (χ3n) is 1.67. The van der Waals surface area contributed by atoms with Crippen LogP contribution in [0.2, 0.25) is 0 Å². The van der Waals surface area contributed by atoms with Gasteiger partial charge in [0.05, 0.1) is 12.7 Å². The van der Waals surface area contributed by atoms with E-state index in [-0.39, 0.29) is 5.97 Å². The van der Waals surface area contributed by atoms with Crippen molar-refractivity contribution in [1.82, 2.24) is 0 Å². The number of methoxy groups -OCH3 is 1. The topological polar surface area (TPSA) is 26.3 Å². The lowest BCUT2D eigenvalue weighted by atomic mass is 10.1. The molecule has 0 radical (unpaired) electrons. The molecule has 0 atom stereocenters. The normalized spacial score (nSPS) is 9.85. The molecule has 1 aromatic carbocycles. The van der Waals surface area contributed by atoms with Gasteiger partial charge in [-0.2, -0.15) is 0 Å². The van der Waals surface area contributed by atoms with Gasteiger partial charge in [-0.3, -0.25) is 0 Å². The van der Waals surface area contributed by atoms with E-state index in [9.17, 15) is 4.79 Å². The molecular weight excluding hydrogens is 347 g/mol. The Kier molecular flexibility index (Phi) is 3.73. The van der Waals surface area contributed by atoms with Gasteiger partial charge in [0.25, 0.3) is 0 Å². The molecule has 0 aromatic heterocycles. The maximum absolute atomic E-state index is 11.3. The summed E-state index contributed by atoms with van der Waals surface area (Å²) < 4.78 is 6.65. The SMILES string of the molecule is COC(=O)c1cc(Br)c(I)cc1C. The van der Waals surface area contributed by atoms with E-state index < -0.39 is 0 Å².